The molecule has 0 aliphatic carbocycles. The number of nitrogens with two attached hydrogens (primary N) is 1. The van der Waals surface area contributed by atoms with Crippen molar-refractivity contribution in [1.29, 1.82) is 0 Å². The Kier molecular flexibility index (Phi) is 4.74. The molecule has 1 aromatic carbocycles. The number of carbonyl (C=O) groups excluding carboxylic acids is 1. The zero-order chi connectivity index (χ0) is 14.6. The maximum absolute atomic E-state index is 11.8. The SMILES string of the molecule is NS(=O)(=O)c1ccc(NC(=O)CC2CCCCO2)cc1. The molecule has 1 atom stereocenters. The number of ether oxygens (including phenoxy) is 1. The van der Waals surface area contributed by atoms with Crippen molar-refractivity contribution in [2.75, 3.05) is 11.9 Å². The van der Waals surface area contributed by atoms with Gasteiger partial charge in [0.1, 0.15) is 0 Å². The van der Waals surface area contributed by atoms with Crippen molar-refractivity contribution in [1.82, 2.24) is 0 Å². The van der Waals surface area contributed by atoms with Crippen molar-refractivity contribution in [2.24, 2.45) is 5.14 Å². The highest BCUT2D eigenvalue weighted by atomic mass is 32.2. The molecule has 2 rings (SSSR count). The van der Waals surface area contributed by atoms with E-state index < -0.39 is 10.0 Å². The molecule has 1 aliphatic rings. The van der Waals surface area contributed by atoms with Crippen molar-refractivity contribution in [3.05, 3.63) is 24.3 Å². The molecule has 6 nitrogen and oxygen atoms in total. The number of hydrogen-bond acceptors (Lipinski definition) is 4. The van der Waals surface area contributed by atoms with Gasteiger partial charge in [0.15, 0.2) is 0 Å². The van der Waals surface area contributed by atoms with Crippen LogP contribution in [0.3, 0.4) is 0 Å². The summed E-state index contributed by atoms with van der Waals surface area (Å²) < 4.78 is 27.7. The van der Waals surface area contributed by atoms with Crippen LogP contribution < -0.4 is 10.5 Å². The molecule has 1 heterocycles. The molecule has 0 aromatic heterocycles. The van der Waals surface area contributed by atoms with Crippen molar-refractivity contribution in [3.63, 3.8) is 0 Å². The molecule has 1 aliphatic heterocycles. The quantitative estimate of drug-likeness (QED) is 0.873. The van der Waals surface area contributed by atoms with Crippen LogP contribution in [0.1, 0.15) is 25.7 Å². The van der Waals surface area contributed by atoms with E-state index in [2.05, 4.69) is 5.32 Å². The first-order valence-corrected chi connectivity index (χ1v) is 8.04. The Morgan fingerprint density at radius 3 is 2.55 bits per heavy atom. The van der Waals surface area contributed by atoms with Crippen LogP contribution in [0.25, 0.3) is 0 Å². The maximum atomic E-state index is 11.8. The molecule has 1 fully saturated rings. The van der Waals surface area contributed by atoms with Crippen LogP contribution in [0, 0.1) is 0 Å². The number of hydrogen-bond donors (Lipinski definition) is 2. The molecule has 1 aromatic rings. The van der Waals surface area contributed by atoms with Gasteiger partial charge in [0.05, 0.1) is 17.4 Å². The van der Waals surface area contributed by atoms with Crippen LogP contribution in [0.4, 0.5) is 5.69 Å². The fourth-order valence-electron chi connectivity index (χ4n) is 2.12. The lowest BCUT2D eigenvalue weighted by Gasteiger charge is -2.21. The Labute approximate surface area is 118 Å². The molecule has 20 heavy (non-hydrogen) atoms. The molecule has 1 amide bonds. The van der Waals surface area contributed by atoms with E-state index in [0.717, 1.165) is 19.3 Å². The zero-order valence-corrected chi connectivity index (χ0v) is 11.9. The second kappa shape index (κ2) is 6.34. The lowest BCUT2D eigenvalue weighted by molar-refractivity contribution is -0.119. The molecule has 3 N–H and O–H groups in total. The van der Waals surface area contributed by atoms with E-state index >= 15 is 0 Å². The summed E-state index contributed by atoms with van der Waals surface area (Å²) in [4.78, 5) is 11.8. The Morgan fingerprint density at radius 2 is 2.00 bits per heavy atom. The van der Waals surface area contributed by atoms with E-state index in [1.165, 1.54) is 24.3 Å². The number of amides is 1. The summed E-state index contributed by atoms with van der Waals surface area (Å²) >= 11 is 0. The summed E-state index contributed by atoms with van der Waals surface area (Å²) in [7, 11) is -3.70. The van der Waals surface area contributed by atoms with E-state index in [1.54, 1.807) is 0 Å². The number of primary sulfonamides is 1. The Balaban J connectivity index is 1.91. The zero-order valence-electron chi connectivity index (χ0n) is 11.0. The van der Waals surface area contributed by atoms with E-state index in [4.69, 9.17) is 9.88 Å². The molecular formula is C13H18N2O4S. The summed E-state index contributed by atoms with van der Waals surface area (Å²) in [5, 5.41) is 7.71. The topological polar surface area (TPSA) is 98.5 Å². The third-order valence-electron chi connectivity index (χ3n) is 3.15. The lowest BCUT2D eigenvalue weighted by Crippen LogP contribution is -2.25. The Hall–Kier alpha value is -1.44. The van der Waals surface area contributed by atoms with Crippen LogP contribution in [0.2, 0.25) is 0 Å². The van der Waals surface area contributed by atoms with Crippen molar-refractivity contribution in [2.45, 2.75) is 36.7 Å². The second-order valence-corrected chi connectivity index (χ2v) is 6.37. The minimum absolute atomic E-state index is 0.0195. The Morgan fingerprint density at radius 1 is 1.30 bits per heavy atom. The average Bonchev–Trinajstić information content (AvgIpc) is 2.39. The monoisotopic (exact) mass is 298 g/mol. The van der Waals surface area contributed by atoms with E-state index in [9.17, 15) is 13.2 Å². The van der Waals surface area contributed by atoms with Crippen LogP contribution >= 0.6 is 0 Å². The number of anilines is 1. The fourth-order valence-corrected chi connectivity index (χ4v) is 2.63. The smallest absolute Gasteiger partial charge is 0.238 e. The number of benzene rings is 1. The van der Waals surface area contributed by atoms with Gasteiger partial charge in [-0.2, -0.15) is 0 Å². The number of sulfonamides is 1. The third-order valence-corrected chi connectivity index (χ3v) is 4.08. The minimum Gasteiger partial charge on any atom is -0.378 e. The van der Waals surface area contributed by atoms with Gasteiger partial charge in [0.2, 0.25) is 15.9 Å². The van der Waals surface area contributed by atoms with E-state index in [-0.39, 0.29) is 16.9 Å². The van der Waals surface area contributed by atoms with Gasteiger partial charge in [-0.05, 0) is 43.5 Å². The van der Waals surface area contributed by atoms with Gasteiger partial charge in [-0.15, -0.1) is 0 Å². The normalized spacial score (nSPS) is 19.6. The molecule has 0 spiro atoms. The molecule has 7 heteroatoms. The summed E-state index contributed by atoms with van der Waals surface area (Å²) in [5.41, 5.74) is 0.540. The first-order chi connectivity index (χ1) is 9.45. The maximum Gasteiger partial charge on any atom is 0.238 e. The van der Waals surface area contributed by atoms with Crippen molar-refractivity contribution < 1.29 is 17.9 Å². The largest absolute Gasteiger partial charge is 0.378 e. The predicted octanol–water partition coefficient (Wildman–Crippen LogP) is 1.23. The van der Waals surface area contributed by atoms with Gasteiger partial charge in [-0.1, -0.05) is 0 Å². The molecule has 110 valence electrons. The molecule has 1 unspecified atom stereocenters. The summed E-state index contributed by atoms with van der Waals surface area (Å²) in [6.07, 6.45) is 3.33. The van der Waals surface area contributed by atoms with Crippen molar-refractivity contribution in [3.8, 4) is 0 Å². The van der Waals surface area contributed by atoms with E-state index in [0.29, 0.717) is 18.7 Å². The minimum atomic E-state index is -3.70. The number of rotatable bonds is 4. The highest BCUT2D eigenvalue weighted by Gasteiger charge is 2.17. The predicted molar refractivity (Wildman–Crippen MR) is 74.7 cm³/mol. The van der Waals surface area contributed by atoms with Crippen LogP contribution in [0.15, 0.2) is 29.2 Å². The summed E-state index contributed by atoms with van der Waals surface area (Å²) in [6, 6.07) is 5.75. The lowest BCUT2D eigenvalue weighted by atomic mass is 10.1. The number of carbonyl (C=O) groups is 1. The van der Waals surface area contributed by atoms with Gasteiger partial charge in [-0.25, -0.2) is 13.6 Å². The first kappa shape index (κ1) is 15.0. The van der Waals surface area contributed by atoms with Gasteiger partial charge >= 0.3 is 0 Å². The van der Waals surface area contributed by atoms with Crippen LogP contribution in [-0.4, -0.2) is 27.0 Å². The first-order valence-electron chi connectivity index (χ1n) is 6.49. The van der Waals surface area contributed by atoms with Gasteiger partial charge in [0, 0.05) is 12.3 Å². The standard InChI is InChI=1S/C13H18N2O4S/c14-20(17,18)12-6-4-10(5-7-12)15-13(16)9-11-3-1-2-8-19-11/h4-7,11H,1-3,8-9H2,(H,15,16)(H2,14,17,18). The molecule has 0 radical (unpaired) electrons. The molecular weight excluding hydrogens is 280 g/mol. The van der Waals surface area contributed by atoms with Crippen molar-refractivity contribution >= 4 is 21.6 Å². The summed E-state index contributed by atoms with van der Waals surface area (Å²) in [6.45, 7) is 0.709. The van der Waals surface area contributed by atoms with Crippen LogP contribution in [0.5, 0.6) is 0 Å². The van der Waals surface area contributed by atoms with Gasteiger partial charge < -0.3 is 10.1 Å². The van der Waals surface area contributed by atoms with Gasteiger partial charge in [-0.3, -0.25) is 4.79 Å². The fraction of sp³-hybridized carbons (Fsp3) is 0.462. The number of nitrogens with one attached hydrogen (secondary N) is 1. The summed E-state index contributed by atoms with van der Waals surface area (Å²) in [5.74, 6) is -0.139. The second-order valence-electron chi connectivity index (χ2n) is 4.81. The Bertz CT molecular complexity index is 563. The third kappa shape index (κ3) is 4.29. The molecule has 0 saturated carbocycles. The highest BCUT2D eigenvalue weighted by molar-refractivity contribution is 7.89. The highest BCUT2D eigenvalue weighted by Crippen LogP contribution is 2.17. The van der Waals surface area contributed by atoms with Gasteiger partial charge in [0.25, 0.3) is 0 Å². The van der Waals surface area contributed by atoms with E-state index in [1.807, 2.05) is 0 Å². The average molecular weight is 298 g/mol. The van der Waals surface area contributed by atoms with Crippen LogP contribution in [-0.2, 0) is 19.6 Å². The molecule has 0 bridgehead atoms. The molecule has 1 saturated heterocycles.